The molecule has 0 bridgehead atoms. The molecule has 1 aromatic heterocycles. The molecule has 5 nitrogen and oxygen atoms in total. The van der Waals surface area contributed by atoms with Gasteiger partial charge in [0.25, 0.3) is 5.91 Å². The fraction of sp³-hybridized carbons (Fsp3) is 0.278. The molecule has 0 aliphatic heterocycles. The quantitative estimate of drug-likeness (QED) is 0.445. The van der Waals surface area contributed by atoms with E-state index in [1.165, 1.54) is 29.5 Å². The second-order valence-electron chi connectivity index (χ2n) is 5.06. The minimum Gasteiger partial charge on any atom is -0.382 e. The molecular formula is C18H18FN3O2S. The number of amides is 1. The smallest absolute Gasteiger partial charge is 0.262 e. The molecule has 1 N–H and O–H groups in total. The Morgan fingerprint density at radius 2 is 2.20 bits per heavy atom. The Morgan fingerprint density at radius 3 is 2.88 bits per heavy atom. The van der Waals surface area contributed by atoms with E-state index in [-0.39, 0.29) is 11.4 Å². The van der Waals surface area contributed by atoms with Gasteiger partial charge in [-0.15, -0.1) is 11.3 Å². The Kier molecular flexibility index (Phi) is 7.26. The van der Waals surface area contributed by atoms with E-state index >= 15 is 0 Å². The zero-order chi connectivity index (χ0) is 18.1. The highest BCUT2D eigenvalue weighted by Crippen LogP contribution is 2.24. The van der Waals surface area contributed by atoms with Crippen LogP contribution in [0.1, 0.15) is 19.0 Å². The van der Waals surface area contributed by atoms with Gasteiger partial charge in [0.15, 0.2) is 0 Å². The van der Waals surface area contributed by atoms with E-state index in [0.717, 1.165) is 5.56 Å². The molecule has 0 aliphatic rings. The van der Waals surface area contributed by atoms with Gasteiger partial charge in [0.1, 0.15) is 22.5 Å². The lowest BCUT2D eigenvalue weighted by atomic mass is 10.2. The molecule has 0 unspecified atom stereocenters. The minimum atomic E-state index is -0.435. The average Bonchev–Trinajstić information content (AvgIpc) is 3.08. The number of carbonyl (C=O) groups is 1. The molecule has 2 aromatic rings. The lowest BCUT2D eigenvalue weighted by Gasteiger charge is -2.04. The van der Waals surface area contributed by atoms with Crippen molar-refractivity contribution in [2.75, 3.05) is 19.8 Å². The largest absolute Gasteiger partial charge is 0.382 e. The van der Waals surface area contributed by atoms with Crippen LogP contribution in [0.5, 0.6) is 0 Å². The lowest BCUT2D eigenvalue weighted by Crippen LogP contribution is -2.26. The van der Waals surface area contributed by atoms with Gasteiger partial charge in [-0.1, -0.05) is 0 Å². The molecule has 0 saturated heterocycles. The van der Waals surface area contributed by atoms with Crippen molar-refractivity contribution in [3.63, 3.8) is 0 Å². The normalized spacial score (nSPS) is 11.2. The fourth-order valence-corrected chi connectivity index (χ4v) is 2.77. The van der Waals surface area contributed by atoms with Gasteiger partial charge >= 0.3 is 0 Å². The van der Waals surface area contributed by atoms with E-state index in [2.05, 4.69) is 10.3 Å². The topological polar surface area (TPSA) is 75.0 Å². The minimum absolute atomic E-state index is 0.00707. The van der Waals surface area contributed by atoms with Crippen molar-refractivity contribution in [1.82, 2.24) is 10.3 Å². The van der Waals surface area contributed by atoms with Crippen molar-refractivity contribution in [2.24, 2.45) is 0 Å². The SMILES string of the molecule is CCOCCCNC(=O)/C(C#N)=C\c1csc(-c2ccc(F)cc2)n1. The van der Waals surface area contributed by atoms with Crippen LogP contribution in [0.3, 0.4) is 0 Å². The van der Waals surface area contributed by atoms with Gasteiger partial charge < -0.3 is 10.1 Å². The van der Waals surface area contributed by atoms with Gasteiger partial charge in [-0.2, -0.15) is 5.26 Å². The molecule has 0 fully saturated rings. The molecule has 1 amide bonds. The Bertz CT molecular complexity index is 778. The molecule has 130 valence electrons. The van der Waals surface area contributed by atoms with Crippen molar-refractivity contribution in [3.8, 4) is 16.6 Å². The van der Waals surface area contributed by atoms with Crippen molar-refractivity contribution in [3.05, 3.63) is 46.7 Å². The zero-order valence-electron chi connectivity index (χ0n) is 13.8. The third-order valence-electron chi connectivity index (χ3n) is 3.23. The summed E-state index contributed by atoms with van der Waals surface area (Å²) in [6.07, 6.45) is 2.13. The van der Waals surface area contributed by atoms with E-state index < -0.39 is 5.91 Å². The van der Waals surface area contributed by atoms with Crippen LogP contribution in [-0.2, 0) is 9.53 Å². The van der Waals surface area contributed by atoms with Gasteiger partial charge in [-0.05, 0) is 43.7 Å². The number of carbonyl (C=O) groups excluding carboxylic acids is 1. The van der Waals surface area contributed by atoms with Crippen LogP contribution in [0.15, 0.2) is 35.2 Å². The van der Waals surface area contributed by atoms with Crippen LogP contribution in [0, 0.1) is 17.1 Å². The van der Waals surface area contributed by atoms with Gasteiger partial charge in [0, 0.05) is 30.7 Å². The number of nitriles is 1. The highest BCUT2D eigenvalue weighted by molar-refractivity contribution is 7.13. The number of nitrogens with one attached hydrogen (secondary N) is 1. The molecule has 1 aromatic carbocycles. The number of hydrogen-bond acceptors (Lipinski definition) is 5. The first kappa shape index (κ1) is 18.8. The number of thiazole rings is 1. The summed E-state index contributed by atoms with van der Waals surface area (Å²) in [6.45, 7) is 3.55. The molecule has 0 spiro atoms. The third kappa shape index (κ3) is 5.78. The Labute approximate surface area is 149 Å². The molecule has 0 atom stereocenters. The second kappa shape index (κ2) is 9.67. The van der Waals surface area contributed by atoms with Gasteiger partial charge in [0.2, 0.25) is 0 Å². The van der Waals surface area contributed by atoms with E-state index in [4.69, 9.17) is 4.74 Å². The molecule has 7 heteroatoms. The van der Waals surface area contributed by atoms with Crippen molar-refractivity contribution in [2.45, 2.75) is 13.3 Å². The second-order valence-corrected chi connectivity index (χ2v) is 5.92. The molecule has 0 radical (unpaired) electrons. The number of benzene rings is 1. The zero-order valence-corrected chi connectivity index (χ0v) is 14.6. The predicted octanol–water partition coefficient (Wildman–Crippen LogP) is 3.40. The van der Waals surface area contributed by atoms with Crippen LogP contribution in [0.4, 0.5) is 4.39 Å². The summed E-state index contributed by atoms with van der Waals surface area (Å²) in [7, 11) is 0. The maximum Gasteiger partial charge on any atom is 0.262 e. The average molecular weight is 359 g/mol. The number of aromatic nitrogens is 1. The molecule has 0 aliphatic carbocycles. The Balaban J connectivity index is 2.01. The summed E-state index contributed by atoms with van der Waals surface area (Å²) in [5.41, 5.74) is 1.29. The monoisotopic (exact) mass is 359 g/mol. The van der Waals surface area contributed by atoms with Crippen LogP contribution in [0.25, 0.3) is 16.6 Å². The first-order chi connectivity index (χ1) is 12.1. The Hall–Kier alpha value is -2.56. The molecular weight excluding hydrogens is 341 g/mol. The lowest BCUT2D eigenvalue weighted by molar-refractivity contribution is -0.117. The number of nitrogens with zero attached hydrogens (tertiary/aromatic N) is 2. The van der Waals surface area contributed by atoms with Crippen LogP contribution in [-0.4, -0.2) is 30.6 Å². The highest BCUT2D eigenvalue weighted by Gasteiger charge is 2.10. The summed E-state index contributed by atoms with van der Waals surface area (Å²) in [6, 6.07) is 7.89. The van der Waals surface area contributed by atoms with Crippen LogP contribution in [0.2, 0.25) is 0 Å². The van der Waals surface area contributed by atoms with Crippen LogP contribution >= 0.6 is 11.3 Å². The first-order valence-electron chi connectivity index (χ1n) is 7.83. The van der Waals surface area contributed by atoms with Crippen LogP contribution < -0.4 is 5.32 Å². The van der Waals surface area contributed by atoms with E-state index in [0.29, 0.717) is 36.9 Å². The number of hydrogen-bond donors (Lipinski definition) is 1. The van der Waals surface area contributed by atoms with Gasteiger partial charge in [-0.3, -0.25) is 4.79 Å². The summed E-state index contributed by atoms with van der Waals surface area (Å²) >= 11 is 1.36. The summed E-state index contributed by atoms with van der Waals surface area (Å²) in [4.78, 5) is 16.4. The molecule has 0 saturated carbocycles. The fourth-order valence-electron chi connectivity index (χ4n) is 1.99. The van der Waals surface area contributed by atoms with Crippen molar-refractivity contribution >= 4 is 23.3 Å². The van der Waals surface area contributed by atoms with Crippen molar-refractivity contribution in [1.29, 1.82) is 5.26 Å². The maximum absolute atomic E-state index is 13.0. The highest BCUT2D eigenvalue weighted by atomic mass is 32.1. The number of halogens is 1. The number of rotatable bonds is 8. The number of ether oxygens (including phenoxy) is 1. The molecule has 1 heterocycles. The summed E-state index contributed by atoms with van der Waals surface area (Å²) in [5, 5.41) is 14.3. The molecule has 25 heavy (non-hydrogen) atoms. The maximum atomic E-state index is 13.0. The standard InChI is InChI=1S/C18H18FN3O2S/c1-2-24-9-3-8-21-17(23)14(11-20)10-16-12-25-18(22-16)13-4-6-15(19)7-5-13/h4-7,10,12H,2-3,8-9H2,1H3,(H,21,23)/b14-10-. The van der Waals surface area contributed by atoms with E-state index in [9.17, 15) is 14.4 Å². The van der Waals surface area contributed by atoms with Gasteiger partial charge in [0.05, 0.1) is 5.69 Å². The summed E-state index contributed by atoms with van der Waals surface area (Å²) < 4.78 is 18.2. The Morgan fingerprint density at radius 1 is 1.44 bits per heavy atom. The van der Waals surface area contributed by atoms with E-state index in [1.54, 1.807) is 17.5 Å². The van der Waals surface area contributed by atoms with Crippen molar-refractivity contribution < 1.29 is 13.9 Å². The first-order valence-corrected chi connectivity index (χ1v) is 8.71. The molecule has 2 rings (SSSR count). The summed E-state index contributed by atoms with van der Waals surface area (Å²) in [5.74, 6) is -0.747. The predicted molar refractivity (Wildman–Crippen MR) is 95.2 cm³/mol. The van der Waals surface area contributed by atoms with E-state index in [1.807, 2.05) is 13.0 Å². The third-order valence-corrected chi connectivity index (χ3v) is 4.14. The van der Waals surface area contributed by atoms with Gasteiger partial charge in [-0.25, -0.2) is 9.37 Å².